The van der Waals surface area contributed by atoms with E-state index in [0.717, 1.165) is 23.7 Å². The molecule has 2 aromatic heterocycles. The molecule has 0 aliphatic rings. The Balaban J connectivity index is 1.86. The fourth-order valence-corrected chi connectivity index (χ4v) is 1.54. The van der Waals surface area contributed by atoms with E-state index in [1.54, 1.807) is 24.2 Å². The van der Waals surface area contributed by atoms with Gasteiger partial charge in [-0.05, 0) is 0 Å². The first-order chi connectivity index (χ1) is 8.29. The fourth-order valence-electron chi connectivity index (χ4n) is 1.54. The van der Waals surface area contributed by atoms with Crippen molar-refractivity contribution in [1.29, 1.82) is 0 Å². The zero-order valence-corrected chi connectivity index (χ0v) is 9.92. The lowest BCUT2D eigenvalue weighted by Crippen LogP contribution is -2.13. The van der Waals surface area contributed by atoms with Gasteiger partial charge in [-0.3, -0.25) is 0 Å². The van der Waals surface area contributed by atoms with Crippen molar-refractivity contribution < 1.29 is 4.74 Å². The molecule has 6 heteroatoms. The third-order valence-corrected chi connectivity index (χ3v) is 2.35. The van der Waals surface area contributed by atoms with E-state index in [1.807, 2.05) is 13.1 Å². The number of hydrogen-bond acceptors (Lipinski definition) is 5. The van der Waals surface area contributed by atoms with Crippen molar-refractivity contribution in [2.24, 2.45) is 7.05 Å². The van der Waals surface area contributed by atoms with Gasteiger partial charge in [0, 0.05) is 44.2 Å². The summed E-state index contributed by atoms with van der Waals surface area (Å²) in [6.07, 6.45) is 5.10. The van der Waals surface area contributed by atoms with Gasteiger partial charge >= 0.3 is 0 Å². The molecule has 6 nitrogen and oxygen atoms in total. The number of rotatable bonds is 5. The first kappa shape index (κ1) is 11.5. The van der Waals surface area contributed by atoms with E-state index in [4.69, 9.17) is 4.74 Å². The Morgan fingerprint density at radius 3 is 2.71 bits per heavy atom. The van der Waals surface area contributed by atoms with Crippen LogP contribution in [0.3, 0.4) is 0 Å². The van der Waals surface area contributed by atoms with Gasteiger partial charge in [0.25, 0.3) is 0 Å². The average Bonchev–Trinajstić information content (AvgIpc) is 2.71. The number of aryl methyl sites for hydroxylation is 1. The van der Waals surface area contributed by atoms with Crippen molar-refractivity contribution in [2.45, 2.75) is 13.1 Å². The van der Waals surface area contributed by atoms with Crippen LogP contribution in [-0.2, 0) is 20.1 Å². The van der Waals surface area contributed by atoms with Gasteiger partial charge in [0.1, 0.15) is 6.33 Å². The highest BCUT2D eigenvalue weighted by atomic mass is 16.5. The molecule has 0 saturated carbocycles. The van der Waals surface area contributed by atoms with Crippen LogP contribution in [-0.4, -0.2) is 26.9 Å². The maximum absolute atomic E-state index is 5.14. The van der Waals surface area contributed by atoms with E-state index >= 15 is 0 Å². The molecule has 17 heavy (non-hydrogen) atoms. The van der Waals surface area contributed by atoms with Gasteiger partial charge in [0.15, 0.2) is 0 Å². The molecule has 1 N–H and O–H groups in total. The number of hydrogen-bond donors (Lipinski definition) is 1. The van der Waals surface area contributed by atoms with E-state index in [9.17, 15) is 0 Å². The minimum absolute atomic E-state index is 0.687. The molecule has 90 valence electrons. The van der Waals surface area contributed by atoms with Crippen molar-refractivity contribution in [1.82, 2.24) is 25.1 Å². The normalized spacial score (nSPS) is 10.5. The number of methoxy groups -OCH3 is 1. The van der Waals surface area contributed by atoms with Crippen LogP contribution in [0.15, 0.2) is 24.8 Å². The minimum atomic E-state index is 0.687. The van der Waals surface area contributed by atoms with E-state index in [1.165, 1.54) is 6.33 Å². The van der Waals surface area contributed by atoms with Crippen molar-refractivity contribution in [3.05, 3.63) is 36.0 Å². The molecule has 2 aromatic rings. The molecular weight excluding hydrogens is 218 g/mol. The van der Waals surface area contributed by atoms with Gasteiger partial charge in [-0.2, -0.15) is 5.10 Å². The Morgan fingerprint density at radius 1 is 1.29 bits per heavy atom. The molecule has 2 heterocycles. The lowest BCUT2D eigenvalue weighted by atomic mass is 10.3. The molecule has 0 unspecified atom stereocenters. The van der Waals surface area contributed by atoms with Crippen LogP contribution < -0.4 is 10.1 Å². The second kappa shape index (κ2) is 5.40. The van der Waals surface area contributed by atoms with E-state index in [2.05, 4.69) is 20.4 Å². The SMILES string of the molecule is COc1cc(CNCc2cncnc2)nn1C. The van der Waals surface area contributed by atoms with Crippen LogP contribution in [0.4, 0.5) is 0 Å². The predicted molar refractivity (Wildman–Crippen MR) is 62.3 cm³/mol. The third kappa shape index (κ3) is 3.01. The molecule has 0 aliphatic heterocycles. The maximum Gasteiger partial charge on any atom is 0.211 e. The topological polar surface area (TPSA) is 64.9 Å². The summed E-state index contributed by atoms with van der Waals surface area (Å²) in [5.41, 5.74) is 2.00. The predicted octanol–water partition coefficient (Wildman–Crippen LogP) is 0.508. The Hall–Kier alpha value is -1.95. The standard InChI is InChI=1S/C11H15N5O/c1-16-11(17-2)3-10(15-16)7-12-4-9-5-13-8-14-6-9/h3,5-6,8,12H,4,7H2,1-2H3. The highest BCUT2D eigenvalue weighted by molar-refractivity contribution is 5.15. The first-order valence-electron chi connectivity index (χ1n) is 5.31. The van der Waals surface area contributed by atoms with Gasteiger partial charge < -0.3 is 10.1 Å². The summed E-state index contributed by atoms with van der Waals surface area (Å²) in [6.45, 7) is 1.41. The monoisotopic (exact) mass is 233 g/mol. The molecule has 0 atom stereocenters. The van der Waals surface area contributed by atoms with Crippen LogP contribution in [0, 0.1) is 0 Å². The Morgan fingerprint density at radius 2 is 2.06 bits per heavy atom. The van der Waals surface area contributed by atoms with Crippen molar-refractivity contribution in [3.63, 3.8) is 0 Å². The Bertz CT molecular complexity index is 468. The molecule has 0 amide bonds. The molecule has 2 rings (SSSR count). The zero-order chi connectivity index (χ0) is 12.1. The fraction of sp³-hybridized carbons (Fsp3) is 0.364. The minimum Gasteiger partial charge on any atom is -0.481 e. The summed E-state index contributed by atoms with van der Waals surface area (Å²) in [7, 11) is 3.49. The van der Waals surface area contributed by atoms with E-state index in [-0.39, 0.29) is 0 Å². The van der Waals surface area contributed by atoms with Gasteiger partial charge in [-0.1, -0.05) is 0 Å². The Labute approximate surface area is 99.7 Å². The molecule has 0 aromatic carbocycles. The second-order valence-electron chi connectivity index (χ2n) is 3.65. The largest absolute Gasteiger partial charge is 0.481 e. The summed E-state index contributed by atoms with van der Waals surface area (Å²) in [4.78, 5) is 7.90. The molecule has 0 aliphatic carbocycles. The second-order valence-corrected chi connectivity index (χ2v) is 3.65. The van der Waals surface area contributed by atoms with Crippen molar-refractivity contribution in [2.75, 3.05) is 7.11 Å². The number of ether oxygens (including phenoxy) is 1. The van der Waals surface area contributed by atoms with Gasteiger partial charge in [0.2, 0.25) is 5.88 Å². The van der Waals surface area contributed by atoms with Gasteiger partial charge in [-0.15, -0.1) is 0 Å². The van der Waals surface area contributed by atoms with Crippen LogP contribution in [0.2, 0.25) is 0 Å². The van der Waals surface area contributed by atoms with Gasteiger partial charge in [0.05, 0.1) is 12.8 Å². The van der Waals surface area contributed by atoms with Gasteiger partial charge in [-0.25, -0.2) is 14.6 Å². The summed E-state index contributed by atoms with van der Waals surface area (Å²) < 4.78 is 6.85. The first-order valence-corrected chi connectivity index (χ1v) is 5.31. The molecule has 0 fully saturated rings. The molecule has 0 saturated heterocycles. The van der Waals surface area contributed by atoms with Crippen LogP contribution in [0.5, 0.6) is 5.88 Å². The maximum atomic E-state index is 5.14. The van der Waals surface area contributed by atoms with Crippen LogP contribution >= 0.6 is 0 Å². The molecule has 0 bridgehead atoms. The number of nitrogens with one attached hydrogen (secondary N) is 1. The van der Waals surface area contributed by atoms with Crippen LogP contribution in [0.25, 0.3) is 0 Å². The highest BCUT2D eigenvalue weighted by Gasteiger charge is 2.04. The molecular formula is C11H15N5O. The Kier molecular flexibility index (Phi) is 3.66. The molecule has 0 radical (unpaired) electrons. The van der Waals surface area contributed by atoms with Crippen molar-refractivity contribution in [3.8, 4) is 5.88 Å². The van der Waals surface area contributed by atoms with E-state index in [0.29, 0.717) is 6.54 Å². The van der Waals surface area contributed by atoms with Crippen LogP contribution in [0.1, 0.15) is 11.3 Å². The summed E-state index contributed by atoms with van der Waals surface area (Å²) in [5, 5.41) is 7.58. The smallest absolute Gasteiger partial charge is 0.211 e. The third-order valence-electron chi connectivity index (χ3n) is 2.35. The highest BCUT2D eigenvalue weighted by Crippen LogP contribution is 2.10. The average molecular weight is 233 g/mol. The lowest BCUT2D eigenvalue weighted by Gasteiger charge is -2.01. The lowest BCUT2D eigenvalue weighted by molar-refractivity contribution is 0.373. The zero-order valence-electron chi connectivity index (χ0n) is 9.92. The summed E-state index contributed by atoms with van der Waals surface area (Å²) in [6, 6.07) is 1.91. The van der Waals surface area contributed by atoms with E-state index < -0.39 is 0 Å². The van der Waals surface area contributed by atoms with Crippen molar-refractivity contribution >= 4 is 0 Å². The summed E-state index contributed by atoms with van der Waals surface area (Å²) in [5.74, 6) is 0.754. The summed E-state index contributed by atoms with van der Waals surface area (Å²) >= 11 is 0. The molecule has 0 spiro atoms. The number of aromatic nitrogens is 4. The number of nitrogens with zero attached hydrogens (tertiary/aromatic N) is 4. The quantitative estimate of drug-likeness (QED) is 0.815.